The van der Waals surface area contributed by atoms with Crippen LogP contribution in [-0.2, 0) is 19.1 Å². The summed E-state index contributed by atoms with van der Waals surface area (Å²) in [4.78, 5) is 36.4. The zero-order valence-electron chi connectivity index (χ0n) is 12.6. The van der Waals surface area contributed by atoms with Crippen molar-refractivity contribution in [2.75, 3.05) is 19.8 Å². The molecule has 0 saturated heterocycles. The largest absolute Gasteiger partial charge is 0.480 e. The predicted octanol–water partition coefficient (Wildman–Crippen LogP) is 0.188. The van der Waals surface area contributed by atoms with Crippen LogP contribution in [0.2, 0.25) is 0 Å². The van der Waals surface area contributed by atoms with Crippen LogP contribution in [0.3, 0.4) is 0 Å². The number of aliphatic carboxylic acids is 1. The summed E-state index contributed by atoms with van der Waals surface area (Å²) in [6, 6.07) is -1.84. The van der Waals surface area contributed by atoms with Gasteiger partial charge in [-0.05, 0) is 25.8 Å². The van der Waals surface area contributed by atoms with E-state index in [1.807, 2.05) is 0 Å². The number of nitrogens with zero attached hydrogens (tertiary/aromatic N) is 3. The Balaban J connectivity index is 3.83. The molecular weight excluding hydrogens is 294 g/mol. The average Bonchev–Trinajstić information content (AvgIpc) is 2.45. The van der Waals surface area contributed by atoms with Gasteiger partial charge in [-0.25, -0.2) is 0 Å². The predicted molar refractivity (Wildman–Crippen MR) is 76.9 cm³/mol. The Labute approximate surface area is 127 Å². The van der Waals surface area contributed by atoms with Crippen LogP contribution in [0.4, 0.5) is 0 Å². The molecule has 124 valence electrons. The Hall–Kier alpha value is -2.32. The summed E-state index contributed by atoms with van der Waals surface area (Å²) in [6.07, 6.45) is 0.635. The molecule has 0 aliphatic rings. The number of nitrogens with one attached hydrogen (secondary N) is 2. The standard InChI is InChI=1S/C12H21N5O5/c1-8(11(19)16-9(2)12(20)21)15-10(18)4-3-6-22-7-5-14-17-13/h8-9H,3-7H2,1-2H3,(H,15,18)(H,16,19)(H,20,21). The number of carbonyl (C=O) groups is 3. The fourth-order valence-electron chi connectivity index (χ4n) is 1.37. The molecule has 0 heterocycles. The first kappa shape index (κ1) is 19.7. The number of hydrogen-bond acceptors (Lipinski definition) is 5. The lowest BCUT2D eigenvalue weighted by Crippen LogP contribution is -2.49. The maximum Gasteiger partial charge on any atom is 0.325 e. The molecule has 3 N–H and O–H groups in total. The molecule has 2 unspecified atom stereocenters. The maximum absolute atomic E-state index is 11.6. The molecule has 0 radical (unpaired) electrons. The Kier molecular flexibility index (Phi) is 10.2. The number of amides is 2. The third kappa shape index (κ3) is 9.56. The molecule has 0 aliphatic heterocycles. The van der Waals surface area contributed by atoms with Gasteiger partial charge in [-0.2, -0.15) is 0 Å². The normalized spacial score (nSPS) is 12.6. The van der Waals surface area contributed by atoms with Gasteiger partial charge in [0.2, 0.25) is 11.8 Å². The van der Waals surface area contributed by atoms with Crippen LogP contribution >= 0.6 is 0 Å². The summed E-state index contributed by atoms with van der Waals surface area (Å²) in [5.74, 6) is -2.04. The van der Waals surface area contributed by atoms with E-state index >= 15 is 0 Å². The van der Waals surface area contributed by atoms with Crippen molar-refractivity contribution in [3.8, 4) is 0 Å². The van der Waals surface area contributed by atoms with Crippen LogP contribution in [-0.4, -0.2) is 54.7 Å². The molecule has 0 aromatic heterocycles. The molecule has 2 amide bonds. The van der Waals surface area contributed by atoms with E-state index in [1.54, 1.807) is 0 Å². The summed E-state index contributed by atoms with van der Waals surface area (Å²) in [5.41, 5.74) is 8.04. The molecule has 0 bridgehead atoms. The molecule has 0 aromatic rings. The topological polar surface area (TPSA) is 153 Å². The number of hydrogen-bond donors (Lipinski definition) is 3. The molecule has 0 fully saturated rings. The van der Waals surface area contributed by atoms with Crippen molar-refractivity contribution in [1.82, 2.24) is 10.6 Å². The summed E-state index contributed by atoms with van der Waals surface area (Å²) in [7, 11) is 0. The smallest absolute Gasteiger partial charge is 0.325 e. The Morgan fingerprint density at radius 3 is 2.50 bits per heavy atom. The number of carboxylic acid groups (broad SMARTS) is 1. The van der Waals surface area contributed by atoms with Crippen molar-refractivity contribution in [2.45, 2.75) is 38.8 Å². The van der Waals surface area contributed by atoms with Gasteiger partial charge in [-0.15, -0.1) is 0 Å². The molecular formula is C12H21N5O5. The summed E-state index contributed by atoms with van der Waals surface area (Å²) >= 11 is 0. The Morgan fingerprint density at radius 2 is 1.91 bits per heavy atom. The quantitative estimate of drug-likeness (QED) is 0.215. The summed E-state index contributed by atoms with van der Waals surface area (Å²) < 4.78 is 5.13. The second kappa shape index (κ2) is 11.4. The second-order valence-corrected chi connectivity index (χ2v) is 4.53. The van der Waals surface area contributed by atoms with Crippen molar-refractivity contribution in [2.24, 2.45) is 5.11 Å². The van der Waals surface area contributed by atoms with Crippen LogP contribution < -0.4 is 10.6 Å². The van der Waals surface area contributed by atoms with E-state index in [1.165, 1.54) is 13.8 Å². The molecule has 0 saturated carbocycles. The van der Waals surface area contributed by atoms with Gasteiger partial charge in [0.15, 0.2) is 0 Å². The van der Waals surface area contributed by atoms with Crippen LogP contribution in [0.15, 0.2) is 5.11 Å². The van der Waals surface area contributed by atoms with E-state index in [0.717, 1.165) is 0 Å². The zero-order chi connectivity index (χ0) is 17.0. The van der Waals surface area contributed by atoms with E-state index in [2.05, 4.69) is 20.7 Å². The fourth-order valence-corrected chi connectivity index (χ4v) is 1.37. The Bertz CT molecular complexity index is 436. The molecule has 22 heavy (non-hydrogen) atoms. The SMILES string of the molecule is CC(NC(=O)C(C)NC(=O)CCCOCCN=[N+]=[N-])C(=O)O. The second-order valence-electron chi connectivity index (χ2n) is 4.53. The summed E-state index contributed by atoms with van der Waals surface area (Å²) in [6.45, 7) is 3.67. The van der Waals surface area contributed by atoms with Crippen molar-refractivity contribution < 1.29 is 24.2 Å². The highest BCUT2D eigenvalue weighted by molar-refractivity contribution is 5.89. The highest BCUT2D eigenvalue weighted by Gasteiger charge is 2.20. The number of ether oxygens (including phenoxy) is 1. The van der Waals surface area contributed by atoms with E-state index in [-0.39, 0.29) is 25.5 Å². The average molecular weight is 315 g/mol. The Morgan fingerprint density at radius 1 is 1.23 bits per heavy atom. The third-order valence-electron chi connectivity index (χ3n) is 2.59. The fraction of sp³-hybridized carbons (Fsp3) is 0.750. The van der Waals surface area contributed by atoms with Crippen molar-refractivity contribution in [3.05, 3.63) is 10.4 Å². The van der Waals surface area contributed by atoms with E-state index in [4.69, 9.17) is 15.4 Å². The molecule has 2 atom stereocenters. The van der Waals surface area contributed by atoms with Gasteiger partial charge in [0.25, 0.3) is 0 Å². The highest BCUT2D eigenvalue weighted by atomic mass is 16.5. The van der Waals surface area contributed by atoms with E-state index in [9.17, 15) is 14.4 Å². The van der Waals surface area contributed by atoms with Crippen LogP contribution in [0.25, 0.3) is 10.4 Å². The first-order valence-electron chi connectivity index (χ1n) is 6.79. The number of azide groups is 1. The first-order valence-corrected chi connectivity index (χ1v) is 6.79. The van der Waals surface area contributed by atoms with Gasteiger partial charge in [0.1, 0.15) is 12.1 Å². The number of rotatable bonds is 11. The third-order valence-corrected chi connectivity index (χ3v) is 2.59. The zero-order valence-corrected chi connectivity index (χ0v) is 12.6. The first-order chi connectivity index (χ1) is 10.4. The van der Waals surface area contributed by atoms with E-state index < -0.39 is 24.0 Å². The molecule has 10 heteroatoms. The van der Waals surface area contributed by atoms with Crippen molar-refractivity contribution >= 4 is 17.8 Å². The summed E-state index contributed by atoms with van der Waals surface area (Å²) in [5, 5.41) is 16.7. The van der Waals surface area contributed by atoms with Gasteiger partial charge in [-0.3, -0.25) is 14.4 Å². The molecule has 0 aliphatic carbocycles. The maximum atomic E-state index is 11.6. The lowest BCUT2D eigenvalue weighted by Gasteiger charge is -2.16. The van der Waals surface area contributed by atoms with Crippen LogP contribution in [0, 0.1) is 0 Å². The number of carboxylic acids is 1. The monoisotopic (exact) mass is 315 g/mol. The minimum absolute atomic E-state index is 0.174. The minimum atomic E-state index is -1.15. The van der Waals surface area contributed by atoms with Crippen LogP contribution in [0.5, 0.6) is 0 Å². The van der Waals surface area contributed by atoms with Gasteiger partial charge in [-0.1, -0.05) is 5.11 Å². The van der Waals surface area contributed by atoms with Gasteiger partial charge < -0.3 is 20.5 Å². The number of carbonyl (C=O) groups excluding carboxylic acids is 2. The van der Waals surface area contributed by atoms with Crippen molar-refractivity contribution in [3.63, 3.8) is 0 Å². The van der Waals surface area contributed by atoms with Gasteiger partial charge >= 0.3 is 5.97 Å². The van der Waals surface area contributed by atoms with Gasteiger partial charge in [0.05, 0.1) is 6.61 Å². The lowest BCUT2D eigenvalue weighted by atomic mass is 10.2. The molecule has 10 nitrogen and oxygen atoms in total. The molecule has 0 aromatic carbocycles. The molecule has 0 rings (SSSR count). The van der Waals surface area contributed by atoms with E-state index in [0.29, 0.717) is 13.0 Å². The molecule has 0 spiro atoms. The lowest BCUT2D eigenvalue weighted by molar-refractivity contribution is -0.141. The van der Waals surface area contributed by atoms with Crippen LogP contribution in [0.1, 0.15) is 26.7 Å². The minimum Gasteiger partial charge on any atom is -0.480 e. The van der Waals surface area contributed by atoms with Crippen molar-refractivity contribution in [1.29, 1.82) is 0 Å². The highest BCUT2D eigenvalue weighted by Crippen LogP contribution is 1.93. The van der Waals surface area contributed by atoms with Gasteiger partial charge in [0, 0.05) is 24.5 Å².